The van der Waals surface area contributed by atoms with Gasteiger partial charge in [0.25, 0.3) is 0 Å². The van der Waals surface area contributed by atoms with Crippen molar-refractivity contribution in [2.75, 3.05) is 39.3 Å². The van der Waals surface area contributed by atoms with Gasteiger partial charge in [-0.1, -0.05) is 19.1 Å². The average Bonchev–Trinajstić information content (AvgIpc) is 2.39. The van der Waals surface area contributed by atoms with Crippen molar-refractivity contribution in [3.63, 3.8) is 0 Å². The fourth-order valence-electron chi connectivity index (χ4n) is 2.75. The monoisotopic (exact) mass is 251 g/mol. The van der Waals surface area contributed by atoms with Crippen LogP contribution in [0.15, 0.2) is 12.2 Å². The van der Waals surface area contributed by atoms with Gasteiger partial charge in [0.05, 0.1) is 0 Å². The van der Waals surface area contributed by atoms with E-state index in [-0.39, 0.29) is 11.9 Å². The quantitative estimate of drug-likeness (QED) is 0.581. The maximum Gasteiger partial charge on any atom is 0.238 e. The third-order valence-electron chi connectivity index (χ3n) is 3.82. The number of rotatable bonds is 5. The van der Waals surface area contributed by atoms with Crippen LogP contribution in [0, 0.1) is 0 Å². The van der Waals surface area contributed by atoms with Gasteiger partial charge in [-0.05, 0) is 25.8 Å². The lowest BCUT2D eigenvalue weighted by molar-refractivity contribution is -0.131. The highest BCUT2D eigenvalue weighted by Gasteiger charge is 2.34. The van der Waals surface area contributed by atoms with Gasteiger partial charge in [0.15, 0.2) is 0 Å². The second-order valence-corrected chi connectivity index (χ2v) is 5.17. The molecule has 1 N–H and O–H groups in total. The molecular weight excluding hydrogens is 226 g/mol. The maximum atomic E-state index is 11.8. The maximum absolute atomic E-state index is 11.8. The Hall–Kier alpha value is -0.870. The highest BCUT2D eigenvalue weighted by atomic mass is 16.2. The van der Waals surface area contributed by atoms with Crippen LogP contribution in [0.3, 0.4) is 0 Å². The van der Waals surface area contributed by atoms with Crippen LogP contribution in [0.5, 0.6) is 0 Å². The Bertz CT molecular complexity index is 303. The van der Waals surface area contributed by atoms with Crippen molar-refractivity contribution in [3.05, 3.63) is 12.2 Å². The van der Waals surface area contributed by atoms with Crippen LogP contribution in [0.25, 0.3) is 0 Å². The van der Waals surface area contributed by atoms with Crippen LogP contribution in [-0.4, -0.2) is 61.0 Å². The van der Waals surface area contributed by atoms with Crippen molar-refractivity contribution in [2.24, 2.45) is 0 Å². The normalized spacial score (nSPS) is 26.3. The van der Waals surface area contributed by atoms with E-state index in [4.69, 9.17) is 0 Å². The predicted octanol–water partition coefficient (Wildman–Crippen LogP) is 0.849. The third-order valence-corrected chi connectivity index (χ3v) is 3.82. The Kier molecular flexibility index (Phi) is 5.20. The van der Waals surface area contributed by atoms with Gasteiger partial charge in [0.2, 0.25) is 5.91 Å². The number of carbonyl (C=O) groups excluding carboxylic acids is 1. The zero-order valence-electron chi connectivity index (χ0n) is 11.4. The summed E-state index contributed by atoms with van der Waals surface area (Å²) in [5.74, 6) is 0.219. The van der Waals surface area contributed by atoms with Gasteiger partial charge in [-0.15, -0.1) is 0 Å². The lowest BCUT2D eigenvalue weighted by Crippen LogP contribution is -2.63. The number of piperazine rings is 2. The first-order valence-electron chi connectivity index (χ1n) is 7.20. The summed E-state index contributed by atoms with van der Waals surface area (Å²) in [7, 11) is 0. The molecule has 0 radical (unpaired) electrons. The molecule has 0 saturated carbocycles. The number of carbonyl (C=O) groups is 1. The molecule has 0 aromatic rings. The number of amides is 1. The highest BCUT2D eigenvalue weighted by Crippen LogP contribution is 2.13. The largest absolute Gasteiger partial charge is 0.353 e. The van der Waals surface area contributed by atoms with E-state index in [1.54, 1.807) is 0 Å². The average molecular weight is 251 g/mol. The summed E-state index contributed by atoms with van der Waals surface area (Å²) in [6.07, 6.45) is 7.98. The van der Waals surface area contributed by atoms with Crippen LogP contribution in [0.4, 0.5) is 0 Å². The molecule has 0 bridgehead atoms. The number of allylic oxidation sites excluding steroid dienone is 2. The standard InChI is InChI=1S/C14H25N3O/c1-2-3-4-5-6-8-16-10-11-17-9-7-15-14(18)13(17)12-16/h3-4,13H,2,5-12H2,1H3,(H,15,18)/b4-3-/t13-/m0/s1. The molecule has 4 heteroatoms. The molecule has 2 rings (SSSR count). The molecule has 18 heavy (non-hydrogen) atoms. The van der Waals surface area contributed by atoms with E-state index in [1.165, 1.54) is 6.42 Å². The summed E-state index contributed by atoms with van der Waals surface area (Å²) < 4.78 is 0. The molecule has 0 aromatic heterocycles. The molecule has 4 nitrogen and oxygen atoms in total. The van der Waals surface area contributed by atoms with E-state index < -0.39 is 0 Å². The van der Waals surface area contributed by atoms with Crippen molar-refractivity contribution < 1.29 is 4.79 Å². The topological polar surface area (TPSA) is 35.6 Å². The summed E-state index contributed by atoms with van der Waals surface area (Å²) in [5, 5.41) is 2.97. The van der Waals surface area contributed by atoms with Gasteiger partial charge in [0.1, 0.15) is 6.04 Å². The number of unbranched alkanes of at least 4 members (excludes halogenated alkanes) is 1. The number of fused-ring (bicyclic) bond motifs is 1. The van der Waals surface area contributed by atoms with Crippen LogP contribution in [0.2, 0.25) is 0 Å². The van der Waals surface area contributed by atoms with Crippen molar-refractivity contribution >= 4 is 5.91 Å². The van der Waals surface area contributed by atoms with E-state index in [2.05, 4.69) is 34.2 Å². The first-order chi connectivity index (χ1) is 8.81. The van der Waals surface area contributed by atoms with Crippen LogP contribution in [-0.2, 0) is 4.79 Å². The molecule has 0 aliphatic carbocycles. The Labute approximate surface area is 110 Å². The first-order valence-corrected chi connectivity index (χ1v) is 7.20. The summed E-state index contributed by atoms with van der Waals surface area (Å²) in [5.41, 5.74) is 0. The fourth-order valence-corrected chi connectivity index (χ4v) is 2.75. The van der Waals surface area contributed by atoms with E-state index in [0.29, 0.717) is 0 Å². The molecular formula is C14H25N3O. The van der Waals surface area contributed by atoms with Crippen LogP contribution in [0.1, 0.15) is 26.2 Å². The summed E-state index contributed by atoms with van der Waals surface area (Å²) in [6.45, 7) is 8.18. The molecule has 0 spiro atoms. The van der Waals surface area contributed by atoms with Crippen LogP contribution < -0.4 is 5.32 Å². The zero-order valence-corrected chi connectivity index (χ0v) is 11.4. The van der Waals surface area contributed by atoms with E-state index in [1.807, 2.05) is 0 Å². The lowest BCUT2D eigenvalue weighted by Gasteiger charge is -2.43. The molecule has 2 aliphatic heterocycles. The number of hydrogen-bond donors (Lipinski definition) is 1. The molecule has 2 fully saturated rings. The summed E-state index contributed by atoms with van der Waals surface area (Å²) >= 11 is 0. The SMILES string of the molecule is CC/C=C\CCCN1CCN2CCNC(=O)[C@@H]2C1. The fraction of sp³-hybridized carbons (Fsp3) is 0.786. The van der Waals surface area contributed by atoms with Crippen LogP contribution >= 0.6 is 0 Å². The smallest absolute Gasteiger partial charge is 0.238 e. The van der Waals surface area contributed by atoms with Gasteiger partial charge >= 0.3 is 0 Å². The minimum atomic E-state index is 0.0960. The van der Waals surface area contributed by atoms with Crippen molar-refractivity contribution in [1.82, 2.24) is 15.1 Å². The molecule has 2 saturated heterocycles. The van der Waals surface area contributed by atoms with Gasteiger partial charge in [-0.3, -0.25) is 14.6 Å². The number of hydrogen-bond acceptors (Lipinski definition) is 3. The van der Waals surface area contributed by atoms with Crippen molar-refractivity contribution in [3.8, 4) is 0 Å². The minimum Gasteiger partial charge on any atom is -0.353 e. The molecule has 2 heterocycles. The molecule has 0 aromatic carbocycles. The Morgan fingerprint density at radius 3 is 3.06 bits per heavy atom. The minimum absolute atomic E-state index is 0.0960. The van der Waals surface area contributed by atoms with E-state index in [0.717, 1.165) is 52.1 Å². The van der Waals surface area contributed by atoms with Gasteiger partial charge < -0.3 is 5.32 Å². The molecule has 2 aliphatic rings. The van der Waals surface area contributed by atoms with E-state index >= 15 is 0 Å². The number of nitrogens with one attached hydrogen (secondary N) is 1. The second-order valence-electron chi connectivity index (χ2n) is 5.17. The molecule has 1 atom stereocenters. The van der Waals surface area contributed by atoms with Crippen molar-refractivity contribution in [2.45, 2.75) is 32.2 Å². The Morgan fingerprint density at radius 1 is 1.33 bits per heavy atom. The Morgan fingerprint density at radius 2 is 2.22 bits per heavy atom. The van der Waals surface area contributed by atoms with Crippen molar-refractivity contribution in [1.29, 1.82) is 0 Å². The van der Waals surface area contributed by atoms with Gasteiger partial charge in [-0.25, -0.2) is 0 Å². The third kappa shape index (κ3) is 3.56. The highest BCUT2D eigenvalue weighted by molar-refractivity contribution is 5.82. The van der Waals surface area contributed by atoms with Gasteiger partial charge in [-0.2, -0.15) is 0 Å². The van der Waals surface area contributed by atoms with E-state index in [9.17, 15) is 4.79 Å². The zero-order chi connectivity index (χ0) is 12.8. The lowest BCUT2D eigenvalue weighted by atomic mass is 10.1. The predicted molar refractivity (Wildman–Crippen MR) is 73.5 cm³/mol. The summed E-state index contributed by atoms with van der Waals surface area (Å²) in [6, 6.07) is 0.0960. The first kappa shape index (κ1) is 13.6. The molecule has 102 valence electrons. The summed E-state index contributed by atoms with van der Waals surface area (Å²) in [4.78, 5) is 16.6. The second kappa shape index (κ2) is 6.90. The van der Waals surface area contributed by atoms with Gasteiger partial charge in [0, 0.05) is 32.7 Å². The molecule has 1 amide bonds. The number of nitrogens with zero attached hydrogens (tertiary/aromatic N) is 2. The molecule has 0 unspecified atom stereocenters. The Balaban J connectivity index is 1.72.